The van der Waals surface area contributed by atoms with Crippen LogP contribution in [0.2, 0.25) is 0 Å². The third-order valence-corrected chi connectivity index (χ3v) is 6.16. The molecule has 0 radical (unpaired) electrons. The fourth-order valence-corrected chi connectivity index (χ4v) is 4.47. The third-order valence-electron chi connectivity index (χ3n) is 6.16. The van der Waals surface area contributed by atoms with E-state index in [1.807, 2.05) is 12.4 Å². The van der Waals surface area contributed by atoms with Gasteiger partial charge in [-0.3, -0.25) is 14.6 Å². The zero-order chi connectivity index (χ0) is 20.1. The van der Waals surface area contributed by atoms with Crippen molar-refractivity contribution in [2.24, 2.45) is 5.92 Å². The topological polar surface area (TPSA) is 72.8 Å². The normalized spacial score (nSPS) is 25.3. The third kappa shape index (κ3) is 5.72. The zero-order valence-corrected chi connectivity index (χ0v) is 17.5. The van der Waals surface area contributed by atoms with Crippen LogP contribution in [0.1, 0.15) is 50.4 Å². The predicted molar refractivity (Wildman–Crippen MR) is 109 cm³/mol. The van der Waals surface area contributed by atoms with Gasteiger partial charge in [0.2, 0.25) is 0 Å². The van der Waals surface area contributed by atoms with Crippen LogP contribution in [0, 0.1) is 5.92 Å². The molecule has 3 rings (SSSR count). The van der Waals surface area contributed by atoms with E-state index < -0.39 is 5.97 Å². The van der Waals surface area contributed by atoms with E-state index in [2.05, 4.69) is 45.6 Å². The number of nitrogens with zero attached hydrogens (tertiary/aromatic N) is 5. The number of carbonyl (C=O) groups is 1. The smallest absolute Gasteiger partial charge is 0.303 e. The average molecular weight is 390 g/mol. The molecular formula is C21H35N5O2. The lowest BCUT2D eigenvalue weighted by atomic mass is 9.86. The van der Waals surface area contributed by atoms with E-state index >= 15 is 0 Å². The molecule has 0 saturated carbocycles. The van der Waals surface area contributed by atoms with Gasteiger partial charge in [0.1, 0.15) is 5.82 Å². The molecule has 2 saturated heterocycles. The molecule has 1 aromatic heterocycles. The van der Waals surface area contributed by atoms with E-state index in [1.54, 1.807) is 0 Å². The van der Waals surface area contributed by atoms with E-state index in [4.69, 9.17) is 0 Å². The van der Waals surface area contributed by atoms with Crippen LogP contribution in [0.15, 0.2) is 12.4 Å². The van der Waals surface area contributed by atoms with Crippen LogP contribution >= 0.6 is 0 Å². The number of carboxylic acids is 1. The molecule has 2 atom stereocenters. The van der Waals surface area contributed by atoms with Crippen molar-refractivity contribution in [3.63, 3.8) is 0 Å². The standard InChI is InChI=1S/C21H35N5O2/c1-16(2)21-22-12-17(13-23-21)14-25-7-6-19(18(15-25)4-5-20(27)28)26-10-8-24(3)9-11-26/h12-13,16,18-19H,4-11,14-15H2,1-3H3,(H,27,28). The van der Waals surface area contributed by atoms with E-state index in [1.165, 1.54) is 0 Å². The highest BCUT2D eigenvalue weighted by Gasteiger charge is 2.34. The number of carboxylic acid groups (broad SMARTS) is 1. The van der Waals surface area contributed by atoms with Crippen molar-refractivity contribution in [1.29, 1.82) is 0 Å². The Kier molecular flexibility index (Phi) is 7.37. The highest BCUT2D eigenvalue weighted by Crippen LogP contribution is 2.28. The summed E-state index contributed by atoms with van der Waals surface area (Å²) >= 11 is 0. The summed E-state index contributed by atoms with van der Waals surface area (Å²) in [6.45, 7) is 11.4. The Morgan fingerprint density at radius 2 is 1.86 bits per heavy atom. The number of piperidine rings is 1. The summed E-state index contributed by atoms with van der Waals surface area (Å²) in [5.41, 5.74) is 1.14. The minimum Gasteiger partial charge on any atom is -0.481 e. The lowest BCUT2D eigenvalue weighted by molar-refractivity contribution is -0.137. The Hall–Kier alpha value is -1.57. The summed E-state index contributed by atoms with van der Waals surface area (Å²) in [5, 5.41) is 9.20. The van der Waals surface area contributed by atoms with Crippen LogP contribution in [0.3, 0.4) is 0 Å². The molecular weight excluding hydrogens is 354 g/mol. The molecule has 1 aromatic rings. The number of likely N-dealkylation sites (N-methyl/N-ethyl adjacent to an activating group) is 1. The maximum atomic E-state index is 11.2. The van der Waals surface area contributed by atoms with Gasteiger partial charge in [0, 0.05) is 75.6 Å². The molecule has 28 heavy (non-hydrogen) atoms. The molecule has 0 bridgehead atoms. The van der Waals surface area contributed by atoms with E-state index in [0.29, 0.717) is 17.9 Å². The number of aliphatic carboxylic acids is 1. The second-order valence-corrected chi connectivity index (χ2v) is 8.73. The second-order valence-electron chi connectivity index (χ2n) is 8.73. The molecule has 3 heterocycles. The molecule has 2 aliphatic rings. The summed E-state index contributed by atoms with van der Waals surface area (Å²) in [4.78, 5) is 27.6. The number of hydrogen-bond donors (Lipinski definition) is 1. The molecule has 1 N–H and O–H groups in total. The molecule has 0 spiro atoms. The summed E-state index contributed by atoms with van der Waals surface area (Å²) in [7, 11) is 2.18. The Labute approximate surface area is 168 Å². The minimum absolute atomic E-state index is 0.259. The molecule has 2 aliphatic heterocycles. The second kappa shape index (κ2) is 9.76. The van der Waals surface area contributed by atoms with Gasteiger partial charge >= 0.3 is 5.97 Å². The Bertz CT molecular complexity index is 628. The van der Waals surface area contributed by atoms with Crippen LogP contribution in [0.4, 0.5) is 0 Å². The average Bonchev–Trinajstić information content (AvgIpc) is 2.68. The molecule has 7 heteroatoms. The van der Waals surface area contributed by atoms with Crippen LogP contribution in [-0.2, 0) is 11.3 Å². The number of likely N-dealkylation sites (tertiary alicyclic amines) is 1. The molecule has 0 aromatic carbocycles. The number of aromatic nitrogens is 2. The van der Waals surface area contributed by atoms with Crippen molar-refractivity contribution in [3.05, 3.63) is 23.8 Å². The lowest BCUT2D eigenvalue weighted by Crippen LogP contribution is -2.56. The van der Waals surface area contributed by atoms with E-state index in [-0.39, 0.29) is 6.42 Å². The SMILES string of the molecule is CC(C)c1ncc(CN2CCC(N3CCN(C)CC3)C(CCC(=O)O)C2)cn1. The summed E-state index contributed by atoms with van der Waals surface area (Å²) in [5.74, 6) is 0.946. The summed E-state index contributed by atoms with van der Waals surface area (Å²) in [6.07, 6.45) is 6.02. The van der Waals surface area contributed by atoms with Gasteiger partial charge < -0.3 is 10.0 Å². The van der Waals surface area contributed by atoms with Gasteiger partial charge in [0.05, 0.1) is 0 Å². The monoisotopic (exact) mass is 389 g/mol. The molecule has 7 nitrogen and oxygen atoms in total. The largest absolute Gasteiger partial charge is 0.481 e. The fourth-order valence-electron chi connectivity index (χ4n) is 4.47. The first-order chi connectivity index (χ1) is 13.4. The lowest BCUT2D eigenvalue weighted by Gasteiger charge is -2.46. The van der Waals surface area contributed by atoms with E-state index in [9.17, 15) is 9.90 Å². The van der Waals surface area contributed by atoms with Crippen molar-refractivity contribution in [2.75, 3.05) is 46.3 Å². The highest BCUT2D eigenvalue weighted by atomic mass is 16.4. The summed E-state index contributed by atoms with van der Waals surface area (Å²) < 4.78 is 0. The fraction of sp³-hybridized carbons (Fsp3) is 0.762. The number of rotatable bonds is 7. The molecule has 156 valence electrons. The molecule has 0 aliphatic carbocycles. The van der Waals surface area contributed by atoms with Crippen molar-refractivity contribution < 1.29 is 9.90 Å². The van der Waals surface area contributed by atoms with Crippen molar-refractivity contribution in [1.82, 2.24) is 24.7 Å². The van der Waals surface area contributed by atoms with Crippen LogP contribution in [0.5, 0.6) is 0 Å². The van der Waals surface area contributed by atoms with Crippen LogP contribution in [-0.4, -0.2) is 88.1 Å². The van der Waals surface area contributed by atoms with E-state index in [0.717, 1.165) is 70.0 Å². The Morgan fingerprint density at radius 3 is 2.46 bits per heavy atom. The predicted octanol–water partition coefficient (Wildman–Crippen LogP) is 1.90. The highest BCUT2D eigenvalue weighted by molar-refractivity contribution is 5.66. The van der Waals surface area contributed by atoms with Gasteiger partial charge in [-0.15, -0.1) is 0 Å². The quantitative estimate of drug-likeness (QED) is 0.763. The van der Waals surface area contributed by atoms with Gasteiger partial charge in [-0.05, 0) is 32.4 Å². The zero-order valence-electron chi connectivity index (χ0n) is 17.5. The van der Waals surface area contributed by atoms with Crippen molar-refractivity contribution in [3.8, 4) is 0 Å². The maximum absolute atomic E-state index is 11.2. The first kappa shape index (κ1) is 21.1. The Balaban J connectivity index is 1.61. The number of hydrogen-bond acceptors (Lipinski definition) is 6. The maximum Gasteiger partial charge on any atom is 0.303 e. The first-order valence-electron chi connectivity index (χ1n) is 10.6. The van der Waals surface area contributed by atoms with Gasteiger partial charge in [-0.1, -0.05) is 13.8 Å². The molecule has 2 unspecified atom stereocenters. The molecule has 0 amide bonds. The number of piperazine rings is 1. The van der Waals surface area contributed by atoms with Crippen LogP contribution in [0.25, 0.3) is 0 Å². The van der Waals surface area contributed by atoms with Crippen LogP contribution < -0.4 is 0 Å². The van der Waals surface area contributed by atoms with Crippen molar-refractivity contribution in [2.45, 2.75) is 51.6 Å². The van der Waals surface area contributed by atoms with Gasteiger partial charge in [-0.2, -0.15) is 0 Å². The summed E-state index contributed by atoms with van der Waals surface area (Å²) in [6, 6.07) is 0.504. The van der Waals surface area contributed by atoms with Gasteiger partial charge in [0.15, 0.2) is 0 Å². The Morgan fingerprint density at radius 1 is 1.18 bits per heavy atom. The first-order valence-corrected chi connectivity index (χ1v) is 10.6. The molecule has 2 fully saturated rings. The van der Waals surface area contributed by atoms with Gasteiger partial charge in [-0.25, -0.2) is 9.97 Å². The van der Waals surface area contributed by atoms with Crippen molar-refractivity contribution >= 4 is 5.97 Å². The van der Waals surface area contributed by atoms with Gasteiger partial charge in [0.25, 0.3) is 0 Å². The minimum atomic E-state index is -0.688.